The zero-order valence-corrected chi connectivity index (χ0v) is 15.5. The Morgan fingerprint density at radius 3 is 2.57 bits per heavy atom. The Balaban J connectivity index is 1.75. The maximum absolute atomic E-state index is 13.5. The second kappa shape index (κ2) is 7.60. The first kappa shape index (κ1) is 17.9. The summed E-state index contributed by atoms with van der Waals surface area (Å²) in [6.45, 7) is 2.09. The number of methoxy groups -OCH3 is 1. The smallest absolute Gasteiger partial charge is 0.215 e. The number of aryl methyl sites for hydroxylation is 1. The lowest BCUT2D eigenvalue weighted by Crippen LogP contribution is -1.99. The molecule has 0 aliphatic rings. The molecule has 0 N–H and O–H groups in total. The van der Waals surface area contributed by atoms with Gasteiger partial charge in [-0.25, -0.2) is 4.98 Å². The summed E-state index contributed by atoms with van der Waals surface area (Å²) in [6, 6.07) is 15.3. The van der Waals surface area contributed by atoms with Crippen LogP contribution in [0.4, 0.5) is 4.39 Å². The summed E-state index contributed by atoms with van der Waals surface area (Å²) in [5, 5.41) is 9.13. The molecular weight excluding hydrogens is 357 g/mol. The molecule has 5 nitrogen and oxygen atoms in total. The van der Waals surface area contributed by atoms with E-state index in [0.29, 0.717) is 29.2 Å². The van der Waals surface area contributed by atoms with Gasteiger partial charge in [0.2, 0.25) is 5.95 Å². The standard InChI is InChI=1S/C22H18FN3O2/c1-14-8-16(11-24-22(14)23)18-12-25-26-19-10-21(20(27-2)9-17(18)19)28-13-15-6-4-3-5-7-15/h3-12H,13H2,1-2H3. The molecule has 0 saturated carbocycles. The molecule has 0 amide bonds. The van der Waals surface area contributed by atoms with Crippen LogP contribution in [0.25, 0.3) is 22.0 Å². The molecule has 140 valence electrons. The van der Waals surface area contributed by atoms with Crippen LogP contribution >= 0.6 is 0 Å². The average molecular weight is 375 g/mol. The lowest BCUT2D eigenvalue weighted by Gasteiger charge is -2.13. The zero-order valence-electron chi connectivity index (χ0n) is 15.5. The van der Waals surface area contributed by atoms with E-state index in [1.807, 2.05) is 36.4 Å². The highest BCUT2D eigenvalue weighted by Crippen LogP contribution is 2.36. The Morgan fingerprint density at radius 1 is 1.00 bits per heavy atom. The van der Waals surface area contributed by atoms with E-state index in [1.165, 1.54) is 6.20 Å². The van der Waals surface area contributed by atoms with Gasteiger partial charge in [-0.1, -0.05) is 30.3 Å². The predicted molar refractivity (Wildman–Crippen MR) is 105 cm³/mol. The number of halogens is 1. The second-order valence-electron chi connectivity index (χ2n) is 6.38. The van der Waals surface area contributed by atoms with Crippen molar-refractivity contribution >= 4 is 10.9 Å². The molecule has 2 aromatic carbocycles. The van der Waals surface area contributed by atoms with E-state index < -0.39 is 5.95 Å². The van der Waals surface area contributed by atoms with Crippen molar-refractivity contribution in [2.24, 2.45) is 0 Å². The third-order valence-corrected chi connectivity index (χ3v) is 4.49. The van der Waals surface area contributed by atoms with Crippen molar-refractivity contribution in [2.75, 3.05) is 7.11 Å². The molecule has 0 fully saturated rings. The number of nitrogens with zero attached hydrogens (tertiary/aromatic N) is 3. The van der Waals surface area contributed by atoms with Gasteiger partial charge in [-0.3, -0.25) is 0 Å². The van der Waals surface area contributed by atoms with Crippen LogP contribution in [0, 0.1) is 12.9 Å². The lowest BCUT2D eigenvalue weighted by molar-refractivity contribution is 0.285. The predicted octanol–water partition coefficient (Wildman–Crippen LogP) is 4.73. The van der Waals surface area contributed by atoms with Crippen LogP contribution in [0.1, 0.15) is 11.1 Å². The summed E-state index contributed by atoms with van der Waals surface area (Å²) >= 11 is 0. The molecule has 2 heterocycles. The van der Waals surface area contributed by atoms with Crippen LogP contribution in [-0.2, 0) is 6.61 Å². The van der Waals surface area contributed by atoms with Crippen LogP contribution in [-0.4, -0.2) is 22.3 Å². The number of pyridine rings is 1. The van der Waals surface area contributed by atoms with E-state index in [2.05, 4.69) is 15.2 Å². The fourth-order valence-corrected chi connectivity index (χ4v) is 3.01. The number of hydrogen-bond donors (Lipinski definition) is 0. The Labute approximate surface area is 161 Å². The molecule has 4 rings (SSSR count). The average Bonchev–Trinajstić information content (AvgIpc) is 2.73. The minimum atomic E-state index is -0.482. The van der Waals surface area contributed by atoms with E-state index in [-0.39, 0.29) is 0 Å². The minimum absolute atomic E-state index is 0.414. The Kier molecular flexibility index (Phi) is 4.85. The van der Waals surface area contributed by atoms with Gasteiger partial charge in [0.15, 0.2) is 11.5 Å². The number of benzene rings is 2. The SMILES string of the molecule is COc1cc2c(-c3cnc(F)c(C)c3)cnnc2cc1OCc1ccccc1. The third kappa shape index (κ3) is 3.49. The maximum atomic E-state index is 13.5. The molecule has 0 bridgehead atoms. The topological polar surface area (TPSA) is 57.1 Å². The minimum Gasteiger partial charge on any atom is -0.493 e. The Bertz CT molecular complexity index is 1130. The Hall–Kier alpha value is -3.54. The van der Waals surface area contributed by atoms with Crippen molar-refractivity contribution in [3.8, 4) is 22.6 Å². The summed E-state index contributed by atoms with van der Waals surface area (Å²) in [5.74, 6) is 0.687. The molecule has 28 heavy (non-hydrogen) atoms. The Morgan fingerprint density at radius 2 is 1.82 bits per heavy atom. The van der Waals surface area contributed by atoms with Gasteiger partial charge >= 0.3 is 0 Å². The van der Waals surface area contributed by atoms with Crippen molar-refractivity contribution in [1.29, 1.82) is 0 Å². The molecule has 0 radical (unpaired) electrons. The van der Waals surface area contributed by atoms with Crippen LogP contribution in [0.5, 0.6) is 11.5 Å². The van der Waals surface area contributed by atoms with E-state index >= 15 is 0 Å². The molecule has 2 aromatic heterocycles. The molecule has 0 unspecified atom stereocenters. The largest absolute Gasteiger partial charge is 0.493 e. The normalized spacial score (nSPS) is 10.8. The van der Waals surface area contributed by atoms with Gasteiger partial charge in [-0.05, 0) is 24.6 Å². The van der Waals surface area contributed by atoms with Gasteiger partial charge in [0.25, 0.3) is 0 Å². The van der Waals surface area contributed by atoms with Crippen LogP contribution in [0.15, 0.2) is 60.9 Å². The zero-order chi connectivity index (χ0) is 19.5. The summed E-state index contributed by atoms with van der Waals surface area (Å²) in [4.78, 5) is 3.81. The first-order chi connectivity index (χ1) is 13.7. The fourth-order valence-electron chi connectivity index (χ4n) is 3.01. The summed E-state index contributed by atoms with van der Waals surface area (Å²) < 4.78 is 25.0. The quantitative estimate of drug-likeness (QED) is 0.472. The molecule has 0 aliphatic carbocycles. The highest BCUT2D eigenvalue weighted by molar-refractivity contribution is 5.95. The van der Waals surface area contributed by atoms with Crippen molar-refractivity contribution < 1.29 is 13.9 Å². The van der Waals surface area contributed by atoms with Gasteiger partial charge in [0.1, 0.15) is 6.61 Å². The van der Waals surface area contributed by atoms with E-state index in [0.717, 1.165) is 22.1 Å². The van der Waals surface area contributed by atoms with Crippen LogP contribution in [0.2, 0.25) is 0 Å². The highest BCUT2D eigenvalue weighted by atomic mass is 19.1. The van der Waals surface area contributed by atoms with Crippen LogP contribution in [0.3, 0.4) is 0 Å². The number of fused-ring (bicyclic) bond motifs is 1. The van der Waals surface area contributed by atoms with Crippen molar-refractivity contribution in [2.45, 2.75) is 13.5 Å². The number of rotatable bonds is 5. The van der Waals surface area contributed by atoms with Gasteiger partial charge in [0.05, 0.1) is 18.8 Å². The number of hydrogen-bond acceptors (Lipinski definition) is 5. The lowest BCUT2D eigenvalue weighted by atomic mass is 10.0. The first-order valence-corrected chi connectivity index (χ1v) is 8.78. The fraction of sp³-hybridized carbons (Fsp3) is 0.136. The van der Waals surface area contributed by atoms with Gasteiger partial charge < -0.3 is 9.47 Å². The summed E-state index contributed by atoms with van der Waals surface area (Å²) in [7, 11) is 1.59. The van der Waals surface area contributed by atoms with Gasteiger partial charge in [0, 0.05) is 34.3 Å². The number of ether oxygens (including phenoxy) is 2. The molecule has 4 aromatic rings. The van der Waals surface area contributed by atoms with Crippen molar-refractivity contribution in [1.82, 2.24) is 15.2 Å². The van der Waals surface area contributed by atoms with E-state index in [1.54, 1.807) is 32.4 Å². The van der Waals surface area contributed by atoms with Gasteiger partial charge in [-0.2, -0.15) is 14.6 Å². The first-order valence-electron chi connectivity index (χ1n) is 8.78. The highest BCUT2D eigenvalue weighted by Gasteiger charge is 2.14. The molecule has 0 aliphatic heterocycles. The molecule has 0 saturated heterocycles. The molecular formula is C22H18FN3O2. The van der Waals surface area contributed by atoms with Crippen molar-refractivity contribution in [3.05, 3.63) is 78.0 Å². The van der Waals surface area contributed by atoms with E-state index in [9.17, 15) is 4.39 Å². The van der Waals surface area contributed by atoms with Gasteiger partial charge in [-0.15, -0.1) is 0 Å². The number of aromatic nitrogens is 3. The maximum Gasteiger partial charge on any atom is 0.215 e. The summed E-state index contributed by atoms with van der Waals surface area (Å²) in [6.07, 6.45) is 3.13. The van der Waals surface area contributed by atoms with Crippen LogP contribution < -0.4 is 9.47 Å². The summed E-state index contributed by atoms with van der Waals surface area (Å²) in [5.41, 5.74) is 3.74. The molecule has 0 spiro atoms. The molecule has 6 heteroatoms. The monoisotopic (exact) mass is 375 g/mol. The second-order valence-corrected chi connectivity index (χ2v) is 6.38. The molecule has 0 atom stereocenters. The van der Waals surface area contributed by atoms with Crippen molar-refractivity contribution in [3.63, 3.8) is 0 Å². The third-order valence-electron chi connectivity index (χ3n) is 4.49. The van der Waals surface area contributed by atoms with E-state index in [4.69, 9.17) is 9.47 Å².